The Kier molecular flexibility index (Phi) is 6.07. The minimum absolute atomic E-state index is 0.167. The van der Waals surface area contributed by atoms with Crippen LogP contribution in [0.1, 0.15) is 11.1 Å². The quantitative estimate of drug-likeness (QED) is 0.581. The summed E-state index contributed by atoms with van der Waals surface area (Å²) < 4.78 is 5.75. The minimum Gasteiger partial charge on any atom is -0.489 e. The average molecular weight is 364 g/mol. The van der Waals surface area contributed by atoms with Crippen LogP contribution in [0.2, 0.25) is 5.02 Å². The van der Waals surface area contributed by atoms with Gasteiger partial charge >= 0.3 is 0 Å². The Morgan fingerprint density at radius 2 is 1.62 bits per heavy atom. The van der Waals surface area contributed by atoms with Crippen LogP contribution in [-0.4, -0.2) is 5.91 Å². The molecule has 130 valence electrons. The molecule has 0 saturated heterocycles. The molecule has 3 aromatic rings. The molecular formula is C22H18ClNO2. The van der Waals surface area contributed by atoms with Gasteiger partial charge in [-0.2, -0.15) is 0 Å². The van der Waals surface area contributed by atoms with Crippen LogP contribution in [0.3, 0.4) is 0 Å². The van der Waals surface area contributed by atoms with Gasteiger partial charge in [0.05, 0.1) is 0 Å². The maximum absolute atomic E-state index is 11.9. The highest BCUT2D eigenvalue weighted by molar-refractivity contribution is 6.30. The summed E-state index contributed by atoms with van der Waals surface area (Å²) in [6.45, 7) is 0.478. The molecule has 26 heavy (non-hydrogen) atoms. The van der Waals surface area contributed by atoms with E-state index in [9.17, 15) is 4.79 Å². The summed E-state index contributed by atoms with van der Waals surface area (Å²) in [5, 5.41) is 3.52. The van der Waals surface area contributed by atoms with E-state index in [4.69, 9.17) is 16.3 Å². The summed E-state index contributed by atoms with van der Waals surface area (Å²) in [5.41, 5.74) is 2.75. The molecule has 0 aliphatic rings. The Balaban J connectivity index is 1.52. The zero-order valence-corrected chi connectivity index (χ0v) is 14.8. The van der Waals surface area contributed by atoms with Gasteiger partial charge in [0.1, 0.15) is 12.4 Å². The summed E-state index contributed by atoms with van der Waals surface area (Å²) in [6.07, 6.45) is 3.28. The zero-order valence-electron chi connectivity index (χ0n) is 14.1. The van der Waals surface area contributed by atoms with Crippen molar-refractivity contribution in [1.29, 1.82) is 0 Å². The fourth-order valence-corrected chi connectivity index (χ4v) is 2.43. The maximum Gasteiger partial charge on any atom is 0.248 e. The monoisotopic (exact) mass is 363 g/mol. The average Bonchev–Trinajstić information content (AvgIpc) is 2.67. The number of benzene rings is 3. The van der Waals surface area contributed by atoms with E-state index in [-0.39, 0.29) is 5.91 Å². The van der Waals surface area contributed by atoms with Gasteiger partial charge in [-0.1, -0.05) is 54.1 Å². The van der Waals surface area contributed by atoms with E-state index in [0.717, 1.165) is 22.6 Å². The number of anilines is 1. The van der Waals surface area contributed by atoms with Gasteiger partial charge in [-0.25, -0.2) is 0 Å². The summed E-state index contributed by atoms with van der Waals surface area (Å²) in [7, 11) is 0. The molecule has 0 bridgehead atoms. The van der Waals surface area contributed by atoms with Gasteiger partial charge in [0, 0.05) is 16.8 Å². The maximum atomic E-state index is 11.9. The molecule has 3 rings (SSSR count). The van der Waals surface area contributed by atoms with Crippen molar-refractivity contribution >= 4 is 29.3 Å². The van der Waals surface area contributed by atoms with E-state index in [0.29, 0.717) is 11.6 Å². The third kappa shape index (κ3) is 5.50. The smallest absolute Gasteiger partial charge is 0.248 e. The van der Waals surface area contributed by atoms with Crippen molar-refractivity contribution in [3.8, 4) is 5.75 Å². The molecule has 0 aliphatic carbocycles. The Bertz CT molecular complexity index is 872. The highest BCUT2D eigenvalue weighted by Gasteiger charge is 1.99. The first-order valence-electron chi connectivity index (χ1n) is 8.20. The lowest BCUT2D eigenvalue weighted by atomic mass is 10.2. The molecule has 1 N–H and O–H groups in total. The number of hydrogen-bond acceptors (Lipinski definition) is 2. The number of carbonyl (C=O) groups is 1. The summed E-state index contributed by atoms with van der Waals surface area (Å²) in [6, 6.07) is 24.5. The van der Waals surface area contributed by atoms with Crippen LogP contribution in [0.4, 0.5) is 5.69 Å². The fourth-order valence-electron chi connectivity index (χ4n) is 2.30. The van der Waals surface area contributed by atoms with Gasteiger partial charge in [-0.3, -0.25) is 4.79 Å². The molecule has 0 saturated carbocycles. The second-order valence-corrected chi connectivity index (χ2v) is 6.11. The lowest BCUT2D eigenvalue weighted by molar-refractivity contribution is -0.111. The predicted octanol–water partition coefficient (Wildman–Crippen LogP) is 5.57. The van der Waals surface area contributed by atoms with Gasteiger partial charge in [0.15, 0.2) is 0 Å². The third-order valence-corrected chi connectivity index (χ3v) is 3.92. The van der Waals surface area contributed by atoms with Crippen molar-refractivity contribution in [3.05, 3.63) is 101 Å². The SMILES string of the molecule is O=C(/C=C/c1ccc(OCc2ccc(Cl)cc2)cc1)Nc1ccccc1. The first kappa shape index (κ1) is 17.8. The predicted molar refractivity (Wildman–Crippen MR) is 106 cm³/mol. The molecule has 0 aliphatic heterocycles. The second kappa shape index (κ2) is 8.88. The van der Waals surface area contributed by atoms with E-state index >= 15 is 0 Å². The van der Waals surface area contributed by atoms with Gasteiger partial charge < -0.3 is 10.1 Å². The van der Waals surface area contributed by atoms with E-state index in [2.05, 4.69) is 5.32 Å². The zero-order chi connectivity index (χ0) is 18.2. The summed E-state index contributed by atoms with van der Waals surface area (Å²) in [5.74, 6) is 0.602. The van der Waals surface area contributed by atoms with E-state index in [1.54, 1.807) is 6.08 Å². The normalized spacial score (nSPS) is 10.7. The number of nitrogens with one attached hydrogen (secondary N) is 1. The number of ether oxygens (including phenoxy) is 1. The topological polar surface area (TPSA) is 38.3 Å². The Labute approximate surface area is 157 Å². The molecular weight excluding hydrogens is 346 g/mol. The fraction of sp³-hybridized carbons (Fsp3) is 0.0455. The van der Waals surface area contributed by atoms with Crippen LogP contribution < -0.4 is 10.1 Å². The second-order valence-electron chi connectivity index (χ2n) is 5.67. The largest absolute Gasteiger partial charge is 0.489 e. The van der Waals surface area contributed by atoms with Crippen LogP contribution in [0.25, 0.3) is 6.08 Å². The van der Waals surface area contributed by atoms with Crippen molar-refractivity contribution in [2.45, 2.75) is 6.61 Å². The number of carbonyl (C=O) groups excluding carboxylic acids is 1. The van der Waals surface area contributed by atoms with Crippen molar-refractivity contribution < 1.29 is 9.53 Å². The van der Waals surface area contributed by atoms with Crippen LogP contribution >= 0.6 is 11.6 Å². The first-order valence-corrected chi connectivity index (χ1v) is 8.58. The van der Waals surface area contributed by atoms with Crippen molar-refractivity contribution in [3.63, 3.8) is 0 Å². The molecule has 0 spiro atoms. The van der Waals surface area contributed by atoms with Gasteiger partial charge in [0.25, 0.3) is 0 Å². The molecule has 0 atom stereocenters. The number of halogens is 1. The molecule has 0 unspecified atom stereocenters. The van der Waals surface area contributed by atoms with Crippen LogP contribution in [0.5, 0.6) is 5.75 Å². The lowest BCUT2D eigenvalue weighted by Gasteiger charge is -2.06. The summed E-state index contributed by atoms with van der Waals surface area (Å²) in [4.78, 5) is 11.9. The number of rotatable bonds is 6. The summed E-state index contributed by atoms with van der Waals surface area (Å²) >= 11 is 5.87. The molecule has 0 heterocycles. The van der Waals surface area contributed by atoms with Crippen LogP contribution in [0.15, 0.2) is 84.9 Å². The van der Waals surface area contributed by atoms with Crippen molar-refractivity contribution in [2.24, 2.45) is 0 Å². The van der Waals surface area contributed by atoms with E-state index in [1.807, 2.05) is 78.9 Å². The molecule has 0 aromatic heterocycles. The molecule has 0 radical (unpaired) electrons. The van der Waals surface area contributed by atoms with Gasteiger partial charge in [-0.15, -0.1) is 0 Å². The highest BCUT2D eigenvalue weighted by atomic mass is 35.5. The molecule has 3 nitrogen and oxygen atoms in total. The van der Waals surface area contributed by atoms with E-state index < -0.39 is 0 Å². The van der Waals surface area contributed by atoms with Crippen LogP contribution in [-0.2, 0) is 11.4 Å². The van der Waals surface area contributed by atoms with Crippen molar-refractivity contribution in [2.75, 3.05) is 5.32 Å². The minimum atomic E-state index is -0.167. The van der Waals surface area contributed by atoms with E-state index in [1.165, 1.54) is 6.08 Å². The first-order chi connectivity index (χ1) is 12.7. The number of amides is 1. The molecule has 0 fully saturated rings. The highest BCUT2D eigenvalue weighted by Crippen LogP contribution is 2.16. The van der Waals surface area contributed by atoms with Crippen molar-refractivity contribution in [1.82, 2.24) is 0 Å². The Morgan fingerprint density at radius 3 is 2.31 bits per heavy atom. The third-order valence-electron chi connectivity index (χ3n) is 3.67. The Hall–Kier alpha value is -3.04. The Morgan fingerprint density at radius 1 is 0.923 bits per heavy atom. The van der Waals surface area contributed by atoms with Gasteiger partial charge in [-0.05, 0) is 53.6 Å². The number of para-hydroxylation sites is 1. The lowest BCUT2D eigenvalue weighted by Crippen LogP contribution is -2.07. The molecule has 1 amide bonds. The number of hydrogen-bond donors (Lipinski definition) is 1. The molecule has 3 aromatic carbocycles. The molecule has 4 heteroatoms. The standard InChI is InChI=1S/C22H18ClNO2/c23-19-11-6-18(7-12-19)16-26-21-13-8-17(9-14-21)10-15-22(25)24-20-4-2-1-3-5-20/h1-15H,16H2,(H,24,25)/b15-10+. The van der Waals surface area contributed by atoms with Crippen LogP contribution in [0, 0.1) is 0 Å². The van der Waals surface area contributed by atoms with Gasteiger partial charge in [0.2, 0.25) is 5.91 Å².